The topological polar surface area (TPSA) is 77.3 Å². The van der Waals surface area contributed by atoms with Crippen molar-refractivity contribution in [1.29, 1.82) is 0 Å². The molecule has 0 fully saturated rings. The standard InChI is InChI=1S/C14H12F3N3O3/c1-3-11(21)19-12(13-18-8(2)23-20-13)9-6-4-5-7-10(9)22-14(15,16)17/h3-7,12H,1H2,2H3,(H,19,21)/t12-/m1/s1. The zero-order valence-corrected chi connectivity index (χ0v) is 11.9. The zero-order valence-electron chi connectivity index (χ0n) is 11.9. The number of ether oxygens (including phenoxy) is 1. The Balaban J connectivity index is 2.47. The molecule has 6 nitrogen and oxygen atoms in total. The second-order valence-electron chi connectivity index (χ2n) is 4.40. The summed E-state index contributed by atoms with van der Waals surface area (Å²) in [5.74, 6) is -0.890. The molecule has 0 aliphatic heterocycles. The smallest absolute Gasteiger partial charge is 0.405 e. The Bertz CT molecular complexity index is 713. The first kappa shape index (κ1) is 16.5. The van der Waals surface area contributed by atoms with Gasteiger partial charge in [0.1, 0.15) is 11.8 Å². The van der Waals surface area contributed by atoms with Gasteiger partial charge in [0.2, 0.25) is 11.8 Å². The molecule has 0 bridgehead atoms. The largest absolute Gasteiger partial charge is 0.573 e. The lowest BCUT2D eigenvalue weighted by Gasteiger charge is -2.19. The lowest BCUT2D eigenvalue weighted by atomic mass is 10.0. The molecule has 1 aromatic heterocycles. The summed E-state index contributed by atoms with van der Waals surface area (Å²) in [4.78, 5) is 15.5. The third-order valence-corrected chi connectivity index (χ3v) is 2.73. The van der Waals surface area contributed by atoms with E-state index < -0.39 is 24.1 Å². The number of aromatic nitrogens is 2. The Morgan fingerprint density at radius 2 is 2.13 bits per heavy atom. The van der Waals surface area contributed by atoms with Crippen LogP contribution in [0.3, 0.4) is 0 Å². The van der Waals surface area contributed by atoms with Crippen LogP contribution in [0.15, 0.2) is 41.4 Å². The van der Waals surface area contributed by atoms with E-state index in [-0.39, 0.29) is 17.3 Å². The number of nitrogens with zero attached hydrogens (tertiary/aromatic N) is 2. The van der Waals surface area contributed by atoms with Crippen LogP contribution in [-0.2, 0) is 4.79 Å². The van der Waals surface area contributed by atoms with Crippen LogP contribution in [0.2, 0.25) is 0 Å². The molecule has 0 aliphatic rings. The lowest BCUT2D eigenvalue weighted by molar-refractivity contribution is -0.275. The molecule has 2 rings (SSSR count). The van der Waals surface area contributed by atoms with Crippen molar-refractivity contribution in [2.45, 2.75) is 19.3 Å². The van der Waals surface area contributed by atoms with E-state index >= 15 is 0 Å². The van der Waals surface area contributed by atoms with Gasteiger partial charge in [-0.25, -0.2) is 0 Å². The zero-order chi connectivity index (χ0) is 17.0. The van der Waals surface area contributed by atoms with Crippen LogP contribution in [0.25, 0.3) is 0 Å². The van der Waals surface area contributed by atoms with Gasteiger partial charge in [-0.15, -0.1) is 13.2 Å². The summed E-state index contributed by atoms with van der Waals surface area (Å²) >= 11 is 0. The van der Waals surface area contributed by atoms with Crippen molar-refractivity contribution >= 4 is 5.91 Å². The van der Waals surface area contributed by atoms with E-state index in [9.17, 15) is 18.0 Å². The minimum atomic E-state index is -4.88. The average Bonchev–Trinajstić information content (AvgIpc) is 2.90. The average molecular weight is 327 g/mol. The fourth-order valence-electron chi connectivity index (χ4n) is 1.85. The molecule has 122 valence electrons. The highest BCUT2D eigenvalue weighted by molar-refractivity contribution is 5.87. The fraction of sp³-hybridized carbons (Fsp3) is 0.214. The minimum absolute atomic E-state index is 0.00377. The molecular weight excluding hydrogens is 315 g/mol. The molecule has 9 heteroatoms. The van der Waals surface area contributed by atoms with Crippen LogP contribution in [0.5, 0.6) is 5.75 Å². The summed E-state index contributed by atoms with van der Waals surface area (Å²) in [6.07, 6.45) is -3.90. The van der Waals surface area contributed by atoms with Gasteiger partial charge in [0.25, 0.3) is 0 Å². The number of para-hydroxylation sites is 1. The number of hydrogen-bond acceptors (Lipinski definition) is 5. The summed E-state index contributed by atoms with van der Waals surface area (Å²) in [7, 11) is 0. The number of amides is 1. The van der Waals surface area contributed by atoms with Gasteiger partial charge in [0, 0.05) is 12.5 Å². The van der Waals surface area contributed by atoms with E-state index in [1.807, 2.05) is 0 Å². The monoisotopic (exact) mass is 327 g/mol. The van der Waals surface area contributed by atoms with E-state index in [1.165, 1.54) is 25.1 Å². The molecule has 1 N–H and O–H groups in total. The Labute approximate surface area is 128 Å². The van der Waals surface area contributed by atoms with Gasteiger partial charge < -0.3 is 14.6 Å². The Morgan fingerprint density at radius 3 is 2.70 bits per heavy atom. The minimum Gasteiger partial charge on any atom is -0.405 e. The summed E-state index contributed by atoms with van der Waals surface area (Å²) in [6.45, 7) is 4.82. The van der Waals surface area contributed by atoms with Crippen molar-refractivity contribution in [2.75, 3.05) is 0 Å². The van der Waals surface area contributed by atoms with Gasteiger partial charge in [0.05, 0.1) is 0 Å². The van der Waals surface area contributed by atoms with Crippen LogP contribution in [0.4, 0.5) is 13.2 Å². The van der Waals surface area contributed by atoms with Crippen LogP contribution in [-0.4, -0.2) is 22.4 Å². The molecule has 1 aromatic carbocycles. The van der Waals surface area contributed by atoms with Crippen LogP contribution in [0.1, 0.15) is 23.3 Å². The number of carbonyl (C=O) groups excluding carboxylic acids is 1. The molecule has 0 unspecified atom stereocenters. The first-order valence-electron chi connectivity index (χ1n) is 6.38. The van der Waals surface area contributed by atoms with Crippen molar-refractivity contribution in [3.8, 4) is 5.75 Å². The van der Waals surface area contributed by atoms with Crippen molar-refractivity contribution in [3.05, 3.63) is 54.2 Å². The Kier molecular flexibility index (Phi) is 4.68. The maximum absolute atomic E-state index is 12.5. The second-order valence-corrected chi connectivity index (χ2v) is 4.40. The summed E-state index contributed by atoms with van der Waals surface area (Å²) < 4.78 is 46.4. The number of nitrogens with one attached hydrogen (secondary N) is 1. The summed E-state index contributed by atoms with van der Waals surface area (Å²) in [5.41, 5.74) is 0.0285. The predicted octanol–water partition coefficient (Wildman–Crippen LogP) is 2.67. The quantitative estimate of drug-likeness (QED) is 0.854. The molecule has 0 aliphatic carbocycles. The van der Waals surface area contributed by atoms with E-state index in [1.54, 1.807) is 0 Å². The molecule has 0 radical (unpaired) electrons. The predicted molar refractivity (Wildman–Crippen MR) is 72.3 cm³/mol. The first-order chi connectivity index (χ1) is 10.8. The van der Waals surface area contributed by atoms with E-state index in [4.69, 9.17) is 4.52 Å². The molecule has 0 spiro atoms. The molecular formula is C14H12F3N3O3. The number of alkyl halides is 3. The third-order valence-electron chi connectivity index (χ3n) is 2.73. The second kappa shape index (κ2) is 6.51. The highest BCUT2D eigenvalue weighted by Gasteiger charge is 2.34. The van der Waals surface area contributed by atoms with E-state index in [2.05, 4.69) is 26.8 Å². The molecule has 1 atom stereocenters. The number of aryl methyl sites for hydroxylation is 1. The molecule has 23 heavy (non-hydrogen) atoms. The highest BCUT2D eigenvalue weighted by atomic mass is 19.4. The molecule has 0 saturated carbocycles. The number of halogens is 3. The maximum atomic E-state index is 12.5. The SMILES string of the molecule is C=CC(=O)N[C@@H](c1noc(C)n1)c1ccccc1OC(F)(F)F. The normalized spacial score (nSPS) is 12.5. The summed E-state index contributed by atoms with van der Waals surface area (Å²) in [5, 5.41) is 6.09. The number of rotatable bonds is 5. The summed E-state index contributed by atoms with van der Waals surface area (Å²) in [6, 6.07) is 4.28. The molecule has 1 heterocycles. The Hall–Kier alpha value is -2.84. The van der Waals surface area contributed by atoms with Crippen molar-refractivity contribution in [2.24, 2.45) is 0 Å². The van der Waals surface area contributed by atoms with Gasteiger partial charge in [-0.1, -0.05) is 29.9 Å². The van der Waals surface area contributed by atoms with Crippen LogP contribution in [0, 0.1) is 6.92 Å². The van der Waals surface area contributed by atoms with E-state index in [0.717, 1.165) is 12.1 Å². The van der Waals surface area contributed by atoms with Gasteiger partial charge in [-0.05, 0) is 12.1 Å². The van der Waals surface area contributed by atoms with Gasteiger partial charge >= 0.3 is 6.36 Å². The number of hydrogen-bond donors (Lipinski definition) is 1. The first-order valence-corrected chi connectivity index (χ1v) is 6.38. The number of carbonyl (C=O) groups is 1. The number of benzene rings is 1. The molecule has 1 amide bonds. The van der Waals surface area contributed by atoms with E-state index in [0.29, 0.717) is 0 Å². The van der Waals surface area contributed by atoms with Crippen molar-refractivity contribution in [3.63, 3.8) is 0 Å². The van der Waals surface area contributed by atoms with Crippen molar-refractivity contribution < 1.29 is 27.2 Å². The van der Waals surface area contributed by atoms with Crippen LogP contribution >= 0.6 is 0 Å². The lowest BCUT2D eigenvalue weighted by Crippen LogP contribution is -2.29. The molecule has 0 saturated heterocycles. The van der Waals surface area contributed by atoms with Gasteiger partial charge in [0.15, 0.2) is 5.82 Å². The van der Waals surface area contributed by atoms with Gasteiger partial charge in [-0.3, -0.25) is 4.79 Å². The van der Waals surface area contributed by atoms with Gasteiger partial charge in [-0.2, -0.15) is 4.98 Å². The van der Waals surface area contributed by atoms with Crippen molar-refractivity contribution in [1.82, 2.24) is 15.5 Å². The Morgan fingerprint density at radius 1 is 1.43 bits per heavy atom. The maximum Gasteiger partial charge on any atom is 0.573 e. The fourth-order valence-corrected chi connectivity index (χ4v) is 1.85. The van der Waals surface area contributed by atoms with Crippen LogP contribution < -0.4 is 10.1 Å². The molecule has 2 aromatic rings. The third kappa shape index (κ3) is 4.31. The highest BCUT2D eigenvalue weighted by Crippen LogP contribution is 2.32.